The first-order valence-electron chi connectivity index (χ1n) is 11.1. The van der Waals surface area contributed by atoms with E-state index in [1.54, 1.807) is 13.1 Å². The van der Waals surface area contributed by atoms with Gasteiger partial charge in [-0.05, 0) is 49.9 Å². The molecular formula is C26H29N3O4. The van der Waals surface area contributed by atoms with Crippen molar-refractivity contribution in [3.05, 3.63) is 83.4 Å². The van der Waals surface area contributed by atoms with Crippen molar-refractivity contribution in [2.75, 3.05) is 6.61 Å². The number of aryl methyl sites for hydroxylation is 1. The van der Waals surface area contributed by atoms with Crippen molar-refractivity contribution in [3.8, 4) is 5.75 Å². The van der Waals surface area contributed by atoms with E-state index in [1.807, 2.05) is 30.5 Å². The highest BCUT2D eigenvalue weighted by Gasteiger charge is 2.63. The number of carbonyl (C=O) groups is 2. The fourth-order valence-electron chi connectivity index (χ4n) is 4.18. The number of rotatable bonds is 10. The molecule has 0 saturated heterocycles. The normalized spacial score (nSPS) is 19.2. The lowest BCUT2D eigenvalue weighted by Crippen LogP contribution is -2.28. The van der Waals surface area contributed by atoms with Gasteiger partial charge in [-0.15, -0.1) is 0 Å². The van der Waals surface area contributed by atoms with Crippen molar-refractivity contribution in [2.45, 2.75) is 39.8 Å². The molecule has 2 N–H and O–H groups in total. The first-order valence-corrected chi connectivity index (χ1v) is 11.1. The minimum atomic E-state index is -0.842. The number of carbonyl (C=O) groups excluding carboxylic acids is 2. The van der Waals surface area contributed by atoms with E-state index in [0.717, 1.165) is 17.9 Å². The summed E-state index contributed by atoms with van der Waals surface area (Å²) in [6.07, 6.45) is 4.57. The van der Waals surface area contributed by atoms with Crippen molar-refractivity contribution < 1.29 is 19.1 Å². The summed E-state index contributed by atoms with van der Waals surface area (Å²) in [5, 5.41) is 0. The van der Waals surface area contributed by atoms with Crippen LogP contribution in [0.1, 0.15) is 35.9 Å². The van der Waals surface area contributed by atoms with Crippen LogP contribution >= 0.6 is 0 Å². The Morgan fingerprint density at radius 2 is 1.82 bits per heavy atom. The second-order valence-electron chi connectivity index (χ2n) is 8.60. The number of hydrogen-bond acceptors (Lipinski definition) is 5. The van der Waals surface area contributed by atoms with Gasteiger partial charge >= 0.3 is 5.97 Å². The summed E-state index contributed by atoms with van der Waals surface area (Å²) in [7, 11) is 0. The summed E-state index contributed by atoms with van der Waals surface area (Å²) in [5.41, 5.74) is 7.99. The number of ether oxygens (including phenoxy) is 2. The van der Waals surface area contributed by atoms with Crippen LogP contribution in [-0.2, 0) is 33.9 Å². The largest absolute Gasteiger partial charge is 0.486 e. The van der Waals surface area contributed by atoms with E-state index in [1.165, 1.54) is 11.1 Å². The van der Waals surface area contributed by atoms with Crippen LogP contribution in [0.2, 0.25) is 0 Å². The summed E-state index contributed by atoms with van der Waals surface area (Å²) in [6.45, 7) is 5.18. The predicted molar refractivity (Wildman–Crippen MR) is 123 cm³/mol. The third kappa shape index (κ3) is 5.08. The van der Waals surface area contributed by atoms with Crippen LogP contribution in [-0.4, -0.2) is 28.0 Å². The van der Waals surface area contributed by atoms with Gasteiger partial charge < -0.3 is 19.8 Å². The molecule has 1 amide bonds. The summed E-state index contributed by atoms with van der Waals surface area (Å²) in [5.74, 6) is 0.262. The zero-order valence-electron chi connectivity index (χ0n) is 19.0. The molecule has 0 radical (unpaired) electrons. The number of benzene rings is 2. The Kier molecular flexibility index (Phi) is 6.49. The lowest BCUT2D eigenvalue weighted by atomic mass is 9.93. The van der Waals surface area contributed by atoms with Crippen LogP contribution in [0.15, 0.2) is 60.9 Å². The van der Waals surface area contributed by atoms with Gasteiger partial charge in [-0.3, -0.25) is 9.59 Å². The molecule has 0 spiro atoms. The number of primary amides is 1. The molecule has 2 aromatic carbocycles. The van der Waals surface area contributed by atoms with Gasteiger partial charge in [-0.25, -0.2) is 4.98 Å². The van der Waals surface area contributed by atoms with Gasteiger partial charge in [-0.2, -0.15) is 0 Å². The molecule has 4 rings (SSSR count). The molecule has 0 unspecified atom stereocenters. The number of nitrogens with two attached hydrogens (primary N) is 1. The number of amides is 1. The lowest BCUT2D eigenvalue weighted by Gasteiger charge is -2.16. The van der Waals surface area contributed by atoms with Crippen LogP contribution in [0.4, 0.5) is 0 Å². The van der Waals surface area contributed by atoms with Crippen LogP contribution in [0, 0.1) is 18.3 Å². The molecule has 7 nitrogen and oxygen atoms in total. The van der Waals surface area contributed by atoms with E-state index in [0.29, 0.717) is 25.2 Å². The van der Waals surface area contributed by atoms with Crippen molar-refractivity contribution in [1.82, 2.24) is 9.55 Å². The Hall–Kier alpha value is -3.61. The molecule has 0 bridgehead atoms. The standard InChI is InChI=1S/C26H29N3O4/c1-3-32-25(31)26(15-22(26)24(27)30)14-19-8-10-21(11-9-19)33-17-23-28-12-13-29(23)16-20-6-4-18(2)5-7-20/h4-13,22H,3,14-17H2,1-2H3,(H2,27,30)/t22-,26+/m1/s1. The van der Waals surface area contributed by atoms with Gasteiger partial charge in [0, 0.05) is 18.9 Å². The third-order valence-electron chi connectivity index (χ3n) is 6.19. The van der Waals surface area contributed by atoms with Crippen molar-refractivity contribution >= 4 is 11.9 Å². The average molecular weight is 448 g/mol. The first-order chi connectivity index (χ1) is 15.9. The molecule has 7 heteroatoms. The van der Waals surface area contributed by atoms with Crippen molar-refractivity contribution in [1.29, 1.82) is 0 Å². The Bertz CT molecular complexity index is 1120. The highest BCUT2D eigenvalue weighted by atomic mass is 16.5. The highest BCUT2D eigenvalue weighted by Crippen LogP contribution is 2.55. The van der Waals surface area contributed by atoms with Gasteiger partial charge in [0.15, 0.2) is 0 Å². The number of aromatic nitrogens is 2. The van der Waals surface area contributed by atoms with Gasteiger partial charge in [0.05, 0.1) is 17.9 Å². The third-order valence-corrected chi connectivity index (χ3v) is 6.19. The van der Waals surface area contributed by atoms with Crippen LogP contribution in [0.5, 0.6) is 5.75 Å². The molecule has 2 atom stereocenters. The quantitative estimate of drug-likeness (QED) is 0.481. The second kappa shape index (κ2) is 9.48. The van der Waals surface area contributed by atoms with E-state index < -0.39 is 17.2 Å². The summed E-state index contributed by atoms with van der Waals surface area (Å²) >= 11 is 0. The molecule has 1 aliphatic rings. The molecule has 33 heavy (non-hydrogen) atoms. The fourth-order valence-corrected chi connectivity index (χ4v) is 4.18. The van der Waals surface area contributed by atoms with Gasteiger partial charge in [0.2, 0.25) is 5.91 Å². The molecule has 1 aromatic heterocycles. The van der Waals surface area contributed by atoms with E-state index in [-0.39, 0.29) is 12.6 Å². The van der Waals surface area contributed by atoms with Gasteiger partial charge in [-0.1, -0.05) is 42.0 Å². The number of nitrogens with zero attached hydrogens (tertiary/aromatic N) is 2. The molecule has 0 aliphatic heterocycles. The molecular weight excluding hydrogens is 418 g/mol. The van der Waals surface area contributed by atoms with Crippen molar-refractivity contribution in [3.63, 3.8) is 0 Å². The zero-order chi connectivity index (χ0) is 23.4. The summed E-state index contributed by atoms with van der Waals surface area (Å²) in [4.78, 5) is 28.6. The van der Waals surface area contributed by atoms with E-state index in [4.69, 9.17) is 15.2 Å². The minimum Gasteiger partial charge on any atom is -0.486 e. The summed E-state index contributed by atoms with van der Waals surface area (Å²) < 4.78 is 13.2. The van der Waals surface area contributed by atoms with E-state index in [9.17, 15) is 9.59 Å². The van der Waals surface area contributed by atoms with Crippen LogP contribution in [0.25, 0.3) is 0 Å². The molecule has 1 fully saturated rings. The topological polar surface area (TPSA) is 96.4 Å². The monoisotopic (exact) mass is 447 g/mol. The maximum absolute atomic E-state index is 12.5. The second-order valence-corrected chi connectivity index (χ2v) is 8.60. The Balaban J connectivity index is 1.37. The number of imidazole rings is 1. The Morgan fingerprint density at radius 3 is 2.45 bits per heavy atom. The zero-order valence-corrected chi connectivity index (χ0v) is 19.0. The average Bonchev–Trinajstić information content (AvgIpc) is 3.38. The number of esters is 1. The van der Waals surface area contributed by atoms with E-state index >= 15 is 0 Å². The minimum absolute atomic E-state index is 0.276. The summed E-state index contributed by atoms with van der Waals surface area (Å²) in [6, 6.07) is 16.0. The molecule has 1 heterocycles. The van der Waals surface area contributed by atoms with Crippen LogP contribution in [0.3, 0.4) is 0 Å². The lowest BCUT2D eigenvalue weighted by molar-refractivity contribution is -0.151. The Morgan fingerprint density at radius 1 is 1.12 bits per heavy atom. The molecule has 1 saturated carbocycles. The van der Waals surface area contributed by atoms with E-state index in [2.05, 4.69) is 40.7 Å². The highest BCUT2D eigenvalue weighted by molar-refractivity contribution is 5.93. The van der Waals surface area contributed by atoms with Crippen LogP contribution < -0.4 is 10.5 Å². The molecule has 3 aromatic rings. The first kappa shape index (κ1) is 22.6. The maximum atomic E-state index is 12.5. The smallest absolute Gasteiger partial charge is 0.313 e. The maximum Gasteiger partial charge on any atom is 0.313 e. The van der Waals surface area contributed by atoms with Gasteiger partial charge in [0.25, 0.3) is 0 Å². The number of hydrogen-bond donors (Lipinski definition) is 1. The molecule has 1 aliphatic carbocycles. The molecule has 172 valence electrons. The fraction of sp³-hybridized carbons (Fsp3) is 0.346. The SMILES string of the molecule is CCOC(=O)[C@@]1(Cc2ccc(OCc3nccn3Cc3ccc(C)cc3)cc2)C[C@@H]1C(N)=O. The van der Waals surface area contributed by atoms with Crippen molar-refractivity contribution in [2.24, 2.45) is 17.1 Å². The predicted octanol–water partition coefficient (Wildman–Crippen LogP) is 3.42. The Labute approximate surface area is 193 Å². The van der Waals surface area contributed by atoms with Gasteiger partial charge in [0.1, 0.15) is 18.2 Å².